The smallest absolute Gasteiger partial charge is 0.230 e. The van der Waals surface area contributed by atoms with Gasteiger partial charge in [-0.05, 0) is 33.1 Å². The molecule has 84 valence electrons. The molecule has 1 N–H and O–H groups in total. The molecule has 0 aliphatic carbocycles. The SMILES string of the molecule is CC(C)CCN(/[N+]([O-])=N/O)C(C)(C)C. The fraction of sp³-hybridized carbons (Fsp3) is 1.00. The Morgan fingerprint density at radius 3 is 2.21 bits per heavy atom. The third-order valence-corrected chi connectivity index (χ3v) is 1.98. The summed E-state index contributed by atoms with van der Waals surface area (Å²) < 4.78 is 0. The van der Waals surface area contributed by atoms with Crippen molar-refractivity contribution >= 4 is 0 Å². The summed E-state index contributed by atoms with van der Waals surface area (Å²) in [5.41, 5.74) is -0.330. The van der Waals surface area contributed by atoms with E-state index in [0.29, 0.717) is 12.5 Å². The van der Waals surface area contributed by atoms with Gasteiger partial charge in [-0.15, -0.1) is 5.01 Å². The molecule has 0 atom stereocenters. The Bertz CT molecular complexity index is 197. The van der Waals surface area contributed by atoms with Crippen LogP contribution in [0.2, 0.25) is 0 Å². The van der Waals surface area contributed by atoms with Crippen LogP contribution in [0, 0.1) is 11.1 Å². The number of nitrogens with zero attached hydrogens (tertiary/aromatic N) is 3. The minimum atomic E-state index is -0.330. The normalized spacial score (nSPS) is 13.4. The van der Waals surface area contributed by atoms with Gasteiger partial charge in [0.15, 0.2) is 0 Å². The van der Waals surface area contributed by atoms with E-state index in [1.54, 1.807) is 0 Å². The Balaban J connectivity index is 4.43. The molecule has 14 heavy (non-hydrogen) atoms. The second kappa shape index (κ2) is 5.02. The minimum absolute atomic E-state index is 0.252. The van der Waals surface area contributed by atoms with Gasteiger partial charge in [-0.1, -0.05) is 13.8 Å². The van der Waals surface area contributed by atoms with Gasteiger partial charge in [0.05, 0.1) is 17.1 Å². The van der Waals surface area contributed by atoms with Gasteiger partial charge < -0.3 is 10.4 Å². The van der Waals surface area contributed by atoms with E-state index in [9.17, 15) is 5.21 Å². The van der Waals surface area contributed by atoms with Crippen LogP contribution in [-0.2, 0) is 0 Å². The summed E-state index contributed by atoms with van der Waals surface area (Å²) in [6, 6.07) is 0. The summed E-state index contributed by atoms with van der Waals surface area (Å²) in [4.78, 5) is 0.252. The van der Waals surface area contributed by atoms with E-state index in [4.69, 9.17) is 5.21 Å². The van der Waals surface area contributed by atoms with Crippen molar-refractivity contribution in [1.29, 1.82) is 0 Å². The fourth-order valence-electron chi connectivity index (χ4n) is 1.11. The zero-order valence-corrected chi connectivity index (χ0v) is 9.69. The van der Waals surface area contributed by atoms with Gasteiger partial charge >= 0.3 is 0 Å². The first kappa shape index (κ1) is 13.0. The largest absolute Gasteiger partial charge is 0.569 e. The van der Waals surface area contributed by atoms with E-state index < -0.39 is 0 Å². The minimum Gasteiger partial charge on any atom is -0.569 e. The van der Waals surface area contributed by atoms with E-state index in [1.807, 2.05) is 20.8 Å². The maximum Gasteiger partial charge on any atom is 0.230 e. The van der Waals surface area contributed by atoms with Crippen molar-refractivity contribution in [2.24, 2.45) is 11.2 Å². The number of hydrogen-bond acceptors (Lipinski definition) is 2. The first-order valence-corrected chi connectivity index (χ1v) is 4.89. The van der Waals surface area contributed by atoms with Gasteiger partial charge in [0.2, 0.25) is 5.28 Å². The van der Waals surface area contributed by atoms with Gasteiger partial charge in [-0.3, -0.25) is 0 Å². The molecule has 0 aliphatic heterocycles. The number of hydrogen-bond donors (Lipinski definition) is 1. The number of rotatable bonds is 4. The fourth-order valence-corrected chi connectivity index (χ4v) is 1.11. The zero-order chi connectivity index (χ0) is 11.4. The van der Waals surface area contributed by atoms with E-state index >= 15 is 0 Å². The van der Waals surface area contributed by atoms with Crippen molar-refractivity contribution < 1.29 is 10.2 Å². The molecular weight excluding hydrogens is 182 g/mol. The molecule has 0 unspecified atom stereocenters. The Hall–Kier alpha value is -1.00. The van der Waals surface area contributed by atoms with Crippen molar-refractivity contribution in [2.75, 3.05) is 6.54 Å². The van der Waals surface area contributed by atoms with Crippen molar-refractivity contribution in [3.63, 3.8) is 0 Å². The zero-order valence-electron chi connectivity index (χ0n) is 9.69. The molecule has 0 saturated carbocycles. The molecule has 5 heteroatoms. The molecule has 0 aromatic rings. The average molecular weight is 203 g/mol. The van der Waals surface area contributed by atoms with Crippen molar-refractivity contribution in [2.45, 2.75) is 46.6 Å². The molecule has 0 bridgehead atoms. The summed E-state index contributed by atoms with van der Waals surface area (Å²) in [6.07, 6.45) is 0.894. The van der Waals surface area contributed by atoms with Crippen LogP contribution in [0.4, 0.5) is 0 Å². The summed E-state index contributed by atoms with van der Waals surface area (Å²) >= 11 is 0. The number of hydrazine groups is 1. The topological polar surface area (TPSA) is 61.9 Å². The van der Waals surface area contributed by atoms with Gasteiger partial charge in [0.25, 0.3) is 0 Å². The second-order valence-corrected chi connectivity index (χ2v) is 4.82. The molecule has 0 aliphatic rings. The van der Waals surface area contributed by atoms with Crippen LogP contribution in [0.5, 0.6) is 0 Å². The molecule has 5 nitrogen and oxygen atoms in total. The van der Waals surface area contributed by atoms with Crippen LogP contribution in [0.15, 0.2) is 5.28 Å². The van der Waals surface area contributed by atoms with Crippen LogP contribution in [0.25, 0.3) is 0 Å². The Morgan fingerprint density at radius 1 is 1.43 bits per heavy atom. The Morgan fingerprint density at radius 2 is 1.93 bits per heavy atom. The van der Waals surface area contributed by atoms with Gasteiger partial charge in [0.1, 0.15) is 0 Å². The van der Waals surface area contributed by atoms with Crippen LogP contribution in [-0.4, -0.2) is 27.3 Å². The van der Waals surface area contributed by atoms with Crippen LogP contribution in [0.3, 0.4) is 0 Å². The maximum absolute atomic E-state index is 11.2. The highest BCUT2D eigenvalue weighted by atomic mass is 16.6. The van der Waals surface area contributed by atoms with Crippen LogP contribution < -0.4 is 0 Å². The molecular formula is C9H21N3O2. The Kier molecular flexibility index (Phi) is 4.67. The maximum atomic E-state index is 11.2. The van der Waals surface area contributed by atoms with E-state index in [-0.39, 0.29) is 10.5 Å². The van der Waals surface area contributed by atoms with Crippen LogP contribution >= 0.6 is 0 Å². The molecule has 0 aromatic heterocycles. The highest BCUT2D eigenvalue weighted by molar-refractivity contribution is 4.69. The molecule has 0 rings (SSSR count). The third-order valence-electron chi connectivity index (χ3n) is 1.98. The van der Waals surface area contributed by atoms with Gasteiger partial charge in [-0.25, -0.2) is 0 Å². The standard InChI is InChI=1S/C9H21N3O2/c1-8(2)6-7-11(9(3,4)5)12(14)10-13/h8,13H,6-7H2,1-5H3/b12-10-. The monoisotopic (exact) mass is 203 g/mol. The van der Waals surface area contributed by atoms with Gasteiger partial charge in [0, 0.05) is 0 Å². The molecule has 0 aromatic carbocycles. The highest BCUT2D eigenvalue weighted by Gasteiger charge is 2.28. The predicted molar refractivity (Wildman–Crippen MR) is 53.8 cm³/mol. The molecule has 0 saturated heterocycles. The lowest BCUT2D eigenvalue weighted by molar-refractivity contribution is -0.724. The second-order valence-electron chi connectivity index (χ2n) is 4.82. The average Bonchev–Trinajstić information content (AvgIpc) is 2.01. The molecule has 0 radical (unpaired) electrons. The van der Waals surface area contributed by atoms with Crippen molar-refractivity contribution in [3.05, 3.63) is 5.21 Å². The summed E-state index contributed by atoms with van der Waals surface area (Å²) in [5, 5.41) is 23.8. The third kappa shape index (κ3) is 4.30. The summed E-state index contributed by atoms with van der Waals surface area (Å²) in [7, 11) is 0. The van der Waals surface area contributed by atoms with E-state index in [2.05, 4.69) is 19.1 Å². The van der Waals surface area contributed by atoms with Crippen molar-refractivity contribution in [1.82, 2.24) is 5.01 Å². The quantitative estimate of drug-likeness (QED) is 0.433. The molecule has 0 spiro atoms. The predicted octanol–water partition coefficient (Wildman–Crippen LogP) is 2.40. The summed E-state index contributed by atoms with van der Waals surface area (Å²) in [6.45, 7) is 10.5. The lowest BCUT2D eigenvalue weighted by Crippen LogP contribution is -2.46. The Labute approximate surface area is 85.5 Å². The lowest BCUT2D eigenvalue weighted by Gasteiger charge is -2.30. The van der Waals surface area contributed by atoms with Gasteiger partial charge in [-0.2, -0.15) is 0 Å². The van der Waals surface area contributed by atoms with E-state index in [1.165, 1.54) is 5.01 Å². The molecule has 0 heterocycles. The molecule has 0 amide bonds. The first-order valence-electron chi connectivity index (χ1n) is 4.89. The van der Waals surface area contributed by atoms with Crippen molar-refractivity contribution in [3.8, 4) is 0 Å². The lowest BCUT2D eigenvalue weighted by atomic mass is 10.1. The summed E-state index contributed by atoms with van der Waals surface area (Å²) in [5.74, 6) is 0.520. The van der Waals surface area contributed by atoms with Crippen LogP contribution in [0.1, 0.15) is 41.0 Å². The van der Waals surface area contributed by atoms with E-state index in [0.717, 1.165) is 6.42 Å². The molecule has 0 fully saturated rings. The highest BCUT2D eigenvalue weighted by Crippen LogP contribution is 2.15. The first-order chi connectivity index (χ1) is 6.29.